The van der Waals surface area contributed by atoms with Crippen molar-refractivity contribution < 1.29 is 34.8 Å². The van der Waals surface area contributed by atoms with E-state index >= 15 is 0 Å². The normalized spacial score (nSPS) is 11.3. The predicted octanol–water partition coefficient (Wildman–Crippen LogP) is 2.90. The third-order valence-corrected chi connectivity index (χ3v) is 4.57. The molecule has 1 amide bonds. The lowest BCUT2D eigenvalue weighted by Gasteiger charge is -2.11. The quantitative estimate of drug-likeness (QED) is 0.550. The van der Waals surface area contributed by atoms with Crippen LogP contribution in [-0.2, 0) is 24.2 Å². The Morgan fingerprint density at radius 3 is 2.23 bits per heavy atom. The fourth-order valence-electron chi connectivity index (χ4n) is 2.73. The van der Waals surface area contributed by atoms with Crippen LogP contribution < -0.4 is 14.2 Å². The van der Waals surface area contributed by atoms with Crippen LogP contribution in [0, 0.1) is 11.6 Å². The van der Waals surface area contributed by atoms with Crippen LogP contribution in [0.15, 0.2) is 42.5 Å². The van der Waals surface area contributed by atoms with Crippen molar-refractivity contribution in [2.24, 2.45) is 7.05 Å². The van der Waals surface area contributed by atoms with E-state index in [1.54, 1.807) is 0 Å². The van der Waals surface area contributed by atoms with Gasteiger partial charge in [0.15, 0.2) is 5.69 Å². The first-order valence-corrected chi connectivity index (χ1v) is 9.99. The first-order chi connectivity index (χ1) is 14.6. The monoisotopic (exact) mass is 455 g/mol. The van der Waals surface area contributed by atoms with Gasteiger partial charge in [-0.15, -0.1) is 0 Å². The minimum absolute atomic E-state index is 0.0983. The minimum Gasteiger partial charge on any atom is -0.489 e. The lowest BCUT2D eigenvalue weighted by atomic mass is 10.1. The van der Waals surface area contributed by atoms with Crippen molar-refractivity contribution in [1.82, 2.24) is 15.1 Å². The number of carbonyl (C=O) groups excluding carboxylic acids is 1. The summed E-state index contributed by atoms with van der Waals surface area (Å²) >= 11 is 0. The smallest absolute Gasteiger partial charge is 0.488 e. The van der Waals surface area contributed by atoms with Gasteiger partial charge in [0.05, 0.1) is 11.3 Å². The summed E-state index contributed by atoms with van der Waals surface area (Å²) in [7, 11) is -2.18. The highest BCUT2D eigenvalue weighted by atomic mass is 32.3. The fraction of sp³-hybridized carbons (Fsp3) is 0.158. The number of rotatable bonds is 7. The second kappa shape index (κ2) is 8.68. The van der Waals surface area contributed by atoms with E-state index in [0.29, 0.717) is 5.69 Å². The number of aromatic nitrogens is 2. The molecule has 12 heteroatoms. The fourth-order valence-corrected chi connectivity index (χ4v) is 3.07. The van der Waals surface area contributed by atoms with Gasteiger partial charge in [0.2, 0.25) is 0 Å². The van der Waals surface area contributed by atoms with E-state index in [0.717, 1.165) is 24.3 Å². The minimum atomic E-state index is -5.16. The largest absolute Gasteiger partial charge is 0.489 e. The molecule has 0 spiro atoms. The van der Waals surface area contributed by atoms with E-state index in [4.69, 9.17) is 4.74 Å². The molecular weight excluding hydrogens is 439 g/mol. The van der Waals surface area contributed by atoms with E-state index < -0.39 is 34.7 Å². The van der Waals surface area contributed by atoms with Crippen LogP contribution in [0.2, 0.25) is 0 Å². The van der Waals surface area contributed by atoms with Crippen molar-refractivity contribution in [2.45, 2.75) is 6.61 Å². The number of hydrogen-bond acceptors (Lipinski definition) is 6. The number of carbonyl (C=O) groups is 1. The van der Waals surface area contributed by atoms with Gasteiger partial charge < -0.3 is 14.2 Å². The van der Waals surface area contributed by atoms with Crippen molar-refractivity contribution in [2.75, 3.05) is 7.05 Å². The van der Waals surface area contributed by atoms with Crippen LogP contribution >= 0.6 is 0 Å². The van der Waals surface area contributed by atoms with Crippen molar-refractivity contribution in [3.63, 3.8) is 0 Å². The second-order valence-electron chi connectivity index (χ2n) is 6.27. The Balaban J connectivity index is 1.77. The molecule has 31 heavy (non-hydrogen) atoms. The van der Waals surface area contributed by atoms with Crippen molar-refractivity contribution in [1.29, 1.82) is 0 Å². The lowest BCUT2D eigenvalue weighted by molar-refractivity contribution is 0.0957. The van der Waals surface area contributed by atoms with Gasteiger partial charge in [-0.25, -0.2) is 8.78 Å². The summed E-state index contributed by atoms with van der Waals surface area (Å²) in [5.74, 6) is -2.33. The molecule has 164 valence electrons. The molecule has 0 aliphatic rings. The number of amides is 1. The average molecular weight is 455 g/mol. The Kier molecular flexibility index (Phi) is 6.20. The predicted molar refractivity (Wildman–Crippen MR) is 103 cm³/mol. The molecule has 2 aromatic carbocycles. The number of nitrogens with zero attached hydrogens (tertiary/aromatic N) is 2. The molecular formula is C19H16F3N3O5S. The summed E-state index contributed by atoms with van der Waals surface area (Å²) < 4.78 is 73.2. The van der Waals surface area contributed by atoms with Crippen LogP contribution in [0.5, 0.6) is 11.5 Å². The standard InChI is InChI=1S/C19H16F3N3O5S/c1-23-19(26)17-9-18(25(2)24-17)11-7-15(20)14(16(21)8-11)10-29-12-3-5-13(6-4-12)30-31(22,27)28/h3-9H,10H2,1-2H3,(H,23,26). The molecule has 8 nitrogen and oxygen atoms in total. The molecule has 0 aliphatic carbocycles. The van der Waals surface area contributed by atoms with Gasteiger partial charge in [-0.1, -0.05) is 3.89 Å². The topological polar surface area (TPSA) is 99.5 Å². The Bertz CT molecular complexity index is 1200. The molecule has 0 saturated heterocycles. The van der Waals surface area contributed by atoms with Gasteiger partial charge in [-0.05, 0) is 42.5 Å². The molecule has 0 fully saturated rings. The Hall–Kier alpha value is -3.54. The Morgan fingerprint density at radius 1 is 1.10 bits per heavy atom. The molecule has 1 aromatic heterocycles. The van der Waals surface area contributed by atoms with Crippen molar-refractivity contribution >= 4 is 16.4 Å². The lowest BCUT2D eigenvalue weighted by Crippen LogP contribution is -2.18. The molecule has 1 N–H and O–H groups in total. The first kappa shape index (κ1) is 22.2. The van der Waals surface area contributed by atoms with E-state index in [9.17, 15) is 25.9 Å². The highest BCUT2D eigenvalue weighted by Gasteiger charge is 2.18. The number of aryl methyl sites for hydroxylation is 1. The van der Waals surface area contributed by atoms with E-state index in [1.165, 1.54) is 37.0 Å². The van der Waals surface area contributed by atoms with E-state index in [-0.39, 0.29) is 28.3 Å². The highest BCUT2D eigenvalue weighted by Crippen LogP contribution is 2.26. The zero-order valence-corrected chi connectivity index (χ0v) is 17.0. The number of hydrogen-bond donors (Lipinski definition) is 1. The average Bonchev–Trinajstić information content (AvgIpc) is 3.08. The van der Waals surface area contributed by atoms with E-state index in [2.05, 4.69) is 14.6 Å². The molecule has 0 bridgehead atoms. The van der Waals surface area contributed by atoms with Crippen molar-refractivity contribution in [3.05, 3.63) is 65.4 Å². The van der Waals surface area contributed by atoms with Gasteiger partial charge in [0.1, 0.15) is 29.7 Å². The maximum Gasteiger partial charge on any atom is 0.488 e. The van der Waals surface area contributed by atoms with Gasteiger partial charge in [0.25, 0.3) is 5.91 Å². The molecule has 0 unspecified atom stereocenters. The number of ether oxygens (including phenoxy) is 1. The molecule has 0 saturated carbocycles. The summed E-state index contributed by atoms with van der Waals surface area (Å²) in [4.78, 5) is 11.7. The molecule has 0 atom stereocenters. The summed E-state index contributed by atoms with van der Waals surface area (Å²) in [6.45, 7) is -0.464. The summed E-state index contributed by atoms with van der Waals surface area (Å²) in [5, 5.41) is 6.42. The SMILES string of the molecule is CNC(=O)c1cc(-c2cc(F)c(COc3ccc(OS(=O)(=O)F)cc3)c(F)c2)n(C)n1. The van der Waals surface area contributed by atoms with Crippen molar-refractivity contribution in [3.8, 4) is 22.8 Å². The molecule has 0 aliphatic heterocycles. The number of nitrogens with one attached hydrogen (secondary N) is 1. The van der Waals surface area contributed by atoms with Crippen LogP contribution in [0.3, 0.4) is 0 Å². The third-order valence-electron chi connectivity index (χ3n) is 4.18. The first-order valence-electron chi connectivity index (χ1n) is 8.68. The number of benzene rings is 2. The summed E-state index contributed by atoms with van der Waals surface area (Å²) in [6, 6.07) is 8.33. The maximum absolute atomic E-state index is 14.6. The number of halogens is 3. The Morgan fingerprint density at radius 2 is 1.68 bits per heavy atom. The van der Waals surface area contributed by atoms with Crippen LogP contribution in [0.4, 0.5) is 12.7 Å². The summed E-state index contributed by atoms with van der Waals surface area (Å²) in [6.07, 6.45) is 0. The van der Waals surface area contributed by atoms with Gasteiger partial charge in [0, 0.05) is 19.7 Å². The van der Waals surface area contributed by atoms with Gasteiger partial charge in [-0.3, -0.25) is 9.48 Å². The third kappa shape index (κ3) is 5.34. The molecule has 3 rings (SSSR count). The second-order valence-corrected chi connectivity index (χ2v) is 7.23. The van der Waals surface area contributed by atoms with Crippen LogP contribution in [-0.4, -0.2) is 31.2 Å². The zero-order valence-electron chi connectivity index (χ0n) is 16.2. The highest BCUT2D eigenvalue weighted by molar-refractivity contribution is 7.81. The van der Waals surface area contributed by atoms with Gasteiger partial charge >= 0.3 is 10.5 Å². The molecule has 1 heterocycles. The van der Waals surface area contributed by atoms with Crippen LogP contribution in [0.1, 0.15) is 16.1 Å². The summed E-state index contributed by atoms with van der Waals surface area (Å²) in [5.41, 5.74) is 0.269. The Labute approximate surface area is 175 Å². The maximum atomic E-state index is 14.6. The van der Waals surface area contributed by atoms with Crippen LogP contribution in [0.25, 0.3) is 11.3 Å². The molecule has 0 radical (unpaired) electrons. The molecule has 3 aromatic rings. The van der Waals surface area contributed by atoms with Gasteiger partial charge in [-0.2, -0.15) is 13.5 Å². The van der Waals surface area contributed by atoms with E-state index in [1.807, 2.05) is 0 Å². The zero-order chi connectivity index (χ0) is 22.8.